The number of ether oxygens (including phenoxy) is 1. The summed E-state index contributed by atoms with van der Waals surface area (Å²) in [5, 5.41) is 3.69. The summed E-state index contributed by atoms with van der Waals surface area (Å²) in [5.41, 5.74) is 2.23. The van der Waals surface area contributed by atoms with Gasteiger partial charge in [-0.25, -0.2) is 4.98 Å². The number of benzene rings is 1. The Bertz CT molecular complexity index is 696. The van der Waals surface area contributed by atoms with Crippen molar-refractivity contribution in [1.82, 2.24) is 4.98 Å². The molecule has 0 aliphatic heterocycles. The molecule has 1 aliphatic rings. The number of hydrogen-bond acceptors (Lipinski definition) is 4. The highest BCUT2D eigenvalue weighted by molar-refractivity contribution is 7.15. The van der Waals surface area contributed by atoms with Crippen molar-refractivity contribution in [2.45, 2.75) is 39.0 Å². The molecule has 1 aromatic carbocycles. The third-order valence-corrected chi connectivity index (χ3v) is 5.28. The van der Waals surface area contributed by atoms with E-state index in [-0.39, 0.29) is 5.91 Å². The predicted molar refractivity (Wildman–Crippen MR) is 93.2 cm³/mol. The van der Waals surface area contributed by atoms with Crippen LogP contribution in [0, 0.1) is 5.92 Å². The molecule has 1 heterocycles. The Balaban J connectivity index is 1.57. The van der Waals surface area contributed by atoms with Gasteiger partial charge < -0.3 is 10.1 Å². The molecule has 3 rings (SSSR count). The molecule has 2 aromatic rings. The van der Waals surface area contributed by atoms with Crippen LogP contribution in [0.15, 0.2) is 24.3 Å². The fourth-order valence-corrected chi connectivity index (χ4v) is 4.12. The molecule has 5 heteroatoms. The summed E-state index contributed by atoms with van der Waals surface area (Å²) in [6.07, 6.45) is 4.41. The number of aryl methyl sites for hydroxylation is 2. The van der Waals surface area contributed by atoms with Crippen LogP contribution in [0.5, 0.6) is 5.75 Å². The number of nitrogens with zero attached hydrogens (tertiary/aromatic N) is 1. The molecule has 1 N–H and O–H groups in total. The van der Waals surface area contributed by atoms with E-state index in [1.807, 2.05) is 24.3 Å². The minimum atomic E-state index is 0.00931. The molecular weight excluding hydrogens is 308 g/mol. The first-order valence-electron chi connectivity index (χ1n) is 8.06. The quantitative estimate of drug-likeness (QED) is 0.906. The molecule has 1 aromatic heterocycles. The largest absolute Gasteiger partial charge is 0.496 e. The second-order valence-corrected chi connectivity index (χ2v) is 7.18. The monoisotopic (exact) mass is 330 g/mol. The van der Waals surface area contributed by atoms with Crippen LogP contribution in [0.2, 0.25) is 0 Å². The number of hydrogen-bond donors (Lipinski definition) is 1. The van der Waals surface area contributed by atoms with Crippen molar-refractivity contribution in [3.8, 4) is 5.75 Å². The van der Waals surface area contributed by atoms with Crippen LogP contribution in [-0.4, -0.2) is 18.0 Å². The average molecular weight is 330 g/mol. The number of para-hydroxylation sites is 1. The highest BCUT2D eigenvalue weighted by atomic mass is 32.1. The van der Waals surface area contributed by atoms with Crippen molar-refractivity contribution < 1.29 is 9.53 Å². The average Bonchev–Trinajstić information content (AvgIpc) is 2.94. The van der Waals surface area contributed by atoms with Crippen molar-refractivity contribution in [2.24, 2.45) is 5.92 Å². The molecule has 0 saturated heterocycles. The van der Waals surface area contributed by atoms with Gasteiger partial charge in [0.1, 0.15) is 5.75 Å². The standard InChI is InChI=1S/C18H22N2O2S/c1-12-7-9-14-16(11-12)23-18(19-14)20-17(21)10-8-13-5-3-4-6-15(13)22-2/h3-6,12H,7-11H2,1-2H3,(H,19,20,21). The Hall–Kier alpha value is -1.88. The van der Waals surface area contributed by atoms with Gasteiger partial charge in [-0.2, -0.15) is 0 Å². The summed E-state index contributed by atoms with van der Waals surface area (Å²) in [7, 11) is 1.65. The lowest BCUT2D eigenvalue weighted by atomic mass is 9.93. The van der Waals surface area contributed by atoms with Gasteiger partial charge in [0, 0.05) is 11.3 Å². The zero-order valence-corrected chi connectivity index (χ0v) is 14.4. The lowest BCUT2D eigenvalue weighted by Crippen LogP contribution is -2.12. The van der Waals surface area contributed by atoms with E-state index in [0.29, 0.717) is 12.8 Å². The SMILES string of the molecule is COc1ccccc1CCC(=O)Nc1nc2c(s1)CC(C)CC2. The smallest absolute Gasteiger partial charge is 0.226 e. The van der Waals surface area contributed by atoms with E-state index in [2.05, 4.69) is 17.2 Å². The van der Waals surface area contributed by atoms with Gasteiger partial charge in [0.15, 0.2) is 5.13 Å². The van der Waals surface area contributed by atoms with Crippen molar-refractivity contribution in [1.29, 1.82) is 0 Å². The van der Waals surface area contributed by atoms with Gasteiger partial charge in [-0.15, -0.1) is 11.3 Å². The minimum Gasteiger partial charge on any atom is -0.496 e. The number of nitrogens with one attached hydrogen (secondary N) is 1. The number of aromatic nitrogens is 1. The van der Waals surface area contributed by atoms with Crippen LogP contribution in [0.25, 0.3) is 0 Å². The van der Waals surface area contributed by atoms with Crippen LogP contribution < -0.4 is 10.1 Å². The molecule has 23 heavy (non-hydrogen) atoms. The summed E-state index contributed by atoms with van der Waals surface area (Å²) in [6.45, 7) is 2.27. The molecule has 1 aliphatic carbocycles. The number of carbonyl (C=O) groups is 1. The van der Waals surface area contributed by atoms with Gasteiger partial charge in [0.05, 0.1) is 12.8 Å². The van der Waals surface area contributed by atoms with Gasteiger partial charge in [-0.1, -0.05) is 25.1 Å². The third-order valence-electron chi connectivity index (χ3n) is 4.25. The number of fused-ring (bicyclic) bond motifs is 1. The number of amides is 1. The van der Waals surface area contributed by atoms with Gasteiger partial charge >= 0.3 is 0 Å². The zero-order valence-electron chi connectivity index (χ0n) is 13.6. The second-order valence-electron chi connectivity index (χ2n) is 6.10. The summed E-state index contributed by atoms with van der Waals surface area (Å²) >= 11 is 1.63. The van der Waals surface area contributed by atoms with Gasteiger partial charge in [-0.3, -0.25) is 4.79 Å². The molecule has 1 amide bonds. The Morgan fingerprint density at radius 3 is 3.09 bits per heavy atom. The number of carbonyl (C=O) groups excluding carboxylic acids is 1. The van der Waals surface area contributed by atoms with E-state index in [9.17, 15) is 4.79 Å². The number of rotatable bonds is 5. The Morgan fingerprint density at radius 1 is 1.43 bits per heavy atom. The maximum absolute atomic E-state index is 12.2. The lowest BCUT2D eigenvalue weighted by molar-refractivity contribution is -0.116. The first kappa shape index (κ1) is 16.0. The van der Waals surface area contributed by atoms with E-state index in [1.54, 1.807) is 18.4 Å². The molecular formula is C18H22N2O2S. The van der Waals surface area contributed by atoms with Crippen molar-refractivity contribution in [3.05, 3.63) is 40.4 Å². The molecule has 0 spiro atoms. The third kappa shape index (κ3) is 3.91. The topological polar surface area (TPSA) is 51.2 Å². The highest BCUT2D eigenvalue weighted by Gasteiger charge is 2.20. The van der Waals surface area contributed by atoms with E-state index in [0.717, 1.165) is 35.2 Å². The summed E-state index contributed by atoms with van der Waals surface area (Å²) in [6, 6.07) is 7.81. The second kappa shape index (κ2) is 7.13. The van der Waals surface area contributed by atoms with Crippen molar-refractivity contribution in [2.75, 3.05) is 12.4 Å². The number of methoxy groups -OCH3 is 1. The molecule has 0 radical (unpaired) electrons. The first-order chi connectivity index (χ1) is 11.2. The molecule has 1 atom stereocenters. The van der Waals surface area contributed by atoms with Crippen LogP contribution in [0.1, 0.15) is 35.9 Å². The zero-order chi connectivity index (χ0) is 16.2. The number of thiazole rings is 1. The van der Waals surface area contributed by atoms with Crippen LogP contribution in [0.3, 0.4) is 0 Å². The lowest BCUT2D eigenvalue weighted by Gasteiger charge is -2.15. The molecule has 0 bridgehead atoms. The van der Waals surface area contributed by atoms with Crippen molar-refractivity contribution in [3.63, 3.8) is 0 Å². The molecule has 0 saturated carbocycles. The normalized spacial score (nSPS) is 16.7. The Morgan fingerprint density at radius 2 is 2.26 bits per heavy atom. The van der Waals surface area contributed by atoms with E-state index >= 15 is 0 Å². The summed E-state index contributed by atoms with van der Waals surface area (Å²) in [5.74, 6) is 1.56. The first-order valence-corrected chi connectivity index (χ1v) is 8.87. The maximum atomic E-state index is 12.2. The number of anilines is 1. The summed E-state index contributed by atoms with van der Waals surface area (Å²) in [4.78, 5) is 18.1. The highest BCUT2D eigenvalue weighted by Crippen LogP contribution is 2.32. The fourth-order valence-electron chi connectivity index (χ4n) is 2.93. The van der Waals surface area contributed by atoms with Crippen LogP contribution in [-0.2, 0) is 24.1 Å². The van der Waals surface area contributed by atoms with E-state index in [4.69, 9.17) is 4.74 Å². The van der Waals surface area contributed by atoms with E-state index < -0.39 is 0 Å². The van der Waals surface area contributed by atoms with Crippen LogP contribution in [0.4, 0.5) is 5.13 Å². The van der Waals surface area contributed by atoms with Gasteiger partial charge in [-0.05, 0) is 43.2 Å². The van der Waals surface area contributed by atoms with Gasteiger partial charge in [0.2, 0.25) is 5.91 Å². The molecule has 4 nitrogen and oxygen atoms in total. The van der Waals surface area contributed by atoms with Crippen molar-refractivity contribution >= 4 is 22.4 Å². The maximum Gasteiger partial charge on any atom is 0.226 e. The van der Waals surface area contributed by atoms with Gasteiger partial charge in [0.25, 0.3) is 0 Å². The molecule has 0 fully saturated rings. The minimum absolute atomic E-state index is 0.00931. The summed E-state index contributed by atoms with van der Waals surface area (Å²) < 4.78 is 5.32. The van der Waals surface area contributed by atoms with Crippen LogP contribution >= 0.6 is 11.3 Å². The van der Waals surface area contributed by atoms with E-state index in [1.165, 1.54) is 17.0 Å². The Labute approximate surface area is 140 Å². The predicted octanol–water partition coefficient (Wildman–Crippen LogP) is 3.85. The Kier molecular flexibility index (Phi) is 4.96. The molecule has 1 unspecified atom stereocenters. The molecule has 122 valence electrons. The fraction of sp³-hybridized carbons (Fsp3) is 0.444.